The number of rotatable bonds is 6. The summed E-state index contributed by atoms with van der Waals surface area (Å²) in [5.41, 5.74) is 7.59. The molecule has 0 aliphatic heterocycles. The van der Waals surface area contributed by atoms with E-state index in [4.69, 9.17) is 5.73 Å². The monoisotopic (exact) mass is 281 g/mol. The quantitative estimate of drug-likeness (QED) is 0.832. The molecule has 20 heavy (non-hydrogen) atoms. The average molecular weight is 281 g/mol. The summed E-state index contributed by atoms with van der Waals surface area (Å²) >= 11 is 0. The minimum absolute atomic E-state index is 0.00425. The number of carbonyl (C=O) groups excluding carboxylic acids is 1. The van der Waals surface area contributed by atoms with Gasteiger partial charge in [0.2, 0.25) is 5.91 Å². The van der Waals surface area contributed by atoms with Crippen LogP contribution in [0.15, 0.2) is 0 Å². The Morgan fingerprint density at radius 1 is 1.40 bits per heavy atom. The fourth-order valence-corrected chi connectivity index (χ4v) is 2.10. The first kappa shape index (κ1) is 16.3. The largest absolute Gasteiger partial charge is 0.394 e. The zero-order chi connectivity index (χ0) is 15.4. The number of nitrogens with two attached hydrogens (primary N) is 1. The normalized spacial score (nSPS) is 11.2. The van der Waals surface area contributed by atoms with E-state index in [0.29, 0.717) is 12.2 Å². The number of hydrogen-bond acceptors (Lipinski definition) is 4. The van der Waals surface area contributed by atoms with Crippen LogP contribution >= 0.6 is 0 Å². The van der Waals surface area contributed by atoms with Crippen molar-refractivity contribution in [2.45, 2.75) is 53.6 Å². The summed E-state index contributed by atoms with van der Waals surface area (Å²) in [6.45, 7) is 12.9. The lowest BCUT2D eigenvalue weighted by molar-refractivity contribution is -0.120. The third-order valence-corrected chi connectivity index (χ3v) is 3.06. The smallest absolute Gasteiger partial charge is 0.239 e. The molecule has 0 aliphatic carbocycles. The van der Waals surface area contributed by atoms with Gasteiger partial charge in [0.05, 0.1) is 17.9 Å². The molecular formula is C14H27N5O. The predicted molar refractivity (Wildman–Crippen MR) is 82.9 cm³/mol. The fourth-order valence-electron chi connectivity index (χ4n) is 2.10. The lowest BCUT2D eigenvalue weighted by Gasteiger charge is -2.25. The van der Waals surface area contributed by atoms with E-state index in [-0.39, 0.29) is 24.5 Å². The van der Waals surface area contributed by atoms with Crippen LogP contribution in [0, 0.1) is 6.92 Å². The molecule has 0 fully saturated rings. The van der Waals surface area contributed by atoms with Gasteiger partial charge in [0.25, 0.3) is 0 Å². The van der Waals surface area contributed by atoms with E-state index in [2.05, 4.69) is 24.3 Å². The molecular weight excluding hydrogens is 254 g/mol. The van der Waals surface area contributed by atoms with Gasteiger partial charge in [-0.1, -0.05) is 0 Å². The number of aromatic nitrogens is 2. The van der Waals surface area contributed by atoms with Gasteiger partial charge in [0.15, 0.2) is 5.82 Å². The summed E-state index contributed by atoms with van der Waals surface area (Å²) in [6.07, 6.45) is 0. The van der Waals surface area contributed by atoms with Crippen LogP contribution in [0.25, 0.3) is 0 Å². The molecule has 0 aliphatic rings. The number of hydrogen-bond donors (Lipinski definition) is 2. The van der Waals surface area contributed by atoms with Crippen molar-refractivity contribution < 1.29 is 4.79 Å². The predicted octanol–water partition coefficient (Wildman–Crippen LogP) is 1.71. The highest BCUT2D eigenvalue weighted by Gasteiger charge is 2.21. The highest BCUT2D eigenvalue weighted by molar-refractivity contribution is 5.82. The Hall–Kier alpha value is -1.72. The molecule has 1 heterocycles. The molecule has 1 rings (SSSR count). The van der Waals surface area contributed by atoms with E-state index in [9.17, 15) is 4.79 Å². The van der Waals surface area contributed by atoms with Crippen molar-refractivity contribution in [3.8, 4) is 0 Å². The number of nitrogens with one attached hydrogen (secondary N) is 1. The van der Waals surface area contributed by atoms with Gasteiger partial charge >= 0.3 is 0 Å². The number of nitrogen functional groups attached to an aromatic ring is 1. The van der Waals surface area contributed by atoms with Gasteiger partial charge in [-0.2, -0.15) is 5.10 Å². The van der Waals surface area contributed by atoms with Gasteiger partial charge in [-0.05, 0) is 41.5 Å². The number of aryl methyl sites for hydroxylation is 1. The number of nitrogens with zero attached hydrogens (tertiary/aromatic N) is 3. The summed E-state index contributed by atoms with van der Waals surface area (Å²) in [4.78, 5) is 13.9. The van der Waals surface area contributed by atoms with Crippen LogP contribution in [-0.2, 0) is 4.79 Å². The average Bonchev–Trinajstić information content (AvgIpc) is 2.62. The summed E-state index contributed by atoms with van der Waals surface area (Å²) < 4.78 is 1.89. The van der Waals surface area contributed by atoms with Crippen LogP contribution in [-0.4, -0.2) is 34.8 Å². The Bertz CT molecular complexity index is 464. The van der Waals surface area contributed by atoms with Crippen molar-refractivity contribution in [3.63, 3.8) is 0 Å². The molecule has 6 heteroatoms. The fraction of sp³-hybridized carbons (Fsp3) is 0.714. The van der Waals surface area contributed by atoms with Crippen LogP contribution < -0.4 is 16.0 Å². The summed E-state index contributed by atoms with van der Waals surface area (Å²) in [7, 11) is 0. The first-order valence-corrected chi connectivity index (χ1v) is 7.16. The second-order valence-corrected chi connectivity index (χ2v) is 5.60. The van der Waals surface area contributed by atoms with Gasteiger partial charge in [0, 0.05) is 18.6 Å². The van der Waals surface area contributed by atoms with Crippen LogP contribution in [0.3, 0.4) is 0 Å². The molecule has 0 spiro atoms. The SMILES string of the molecule is CCN(CC(=O)NC(C)C)c1c(N)c(C)nn1C(C)C. The Kier molecular flexibility index (Phi) is 5.42. The molecule has 3 N–H and O–H groups in total. The molecule has 0 saturated heterocycles. The molecule has 1 amide bonds. The number of anilines is 2. The van der Waals surface area contributed by atoms with E-state index in [1.165, 1.54) is 0 Å². The maximum absolute atomic E-state index is 12.0. The molecule has 0 aromatic carbocycles. The third kappa shape index (κ3) is 3.65. The highest BCUT2D eigenvalue weighted by Crippen LogP contribution is 2.29. The maximum atomic E-state index is 12.0. The molecule has 114 valence electrons. The lowest BCUT2D eigenvalue weighted by Crippen LogP contribution is -2.41. The molecule has 6 nitrogen and oxygen atoms in total. The number of likely N-dealkylation sites (N-methyl/N-ethyl adjacent to an activating group) is 1. The van der Waals surface area contributed by atoms with Crippen molar-refractivity contribution in [1.29, 1.82) is 0 Å². The van der Waals surface area contributed by atoms with E-state index >= 15 is 0 Å². The van der Waals surface area contributed by atoms with Crippen LogP contribution in [0.4, 0.5) is 11.5 Å². The van der Waals surface area contributed by atoms with Crippen molar-refractivity contribution in [2.75, 3.05) is 23.7 Å². The van der Waals surface area contributed by atoms with Crippen LogP contribution in [0.2, 0.25) is 0 Å². The third-order valence-electron chi connectivity index (χ3n) is 3.06. The minimum Gasteiger partial charge on any atom is -0.394 e. The molecule has 0 atom stereocenters. The highest BCUT2D eigenvalue weighted by atomic mass is 16.2. The Morgan fingerprint density at radius 2 is 2.00 bits per heavy atom. The van der Waals surface area contributed by atoms with Gasteiger partial charge < -0.3 is 16.0 Å². The van der Waals surface area contributed by atoms with E-state index in [0.717, 1.165) is 11.5 Å². The Balaban J connectivity index is 3.03. The lowest BCUT2D eigenvalue weighted by atomic mass is 10.3. The number of amides is 1. The first-order valence-electron chi connectivity index (χ1n) is 7.16. The van der Waals surface area contributed by atoms with E-state index in [1.807, 2.05) is 37.3 Å². The summed E-state index contributed by atoms with van der Waals surface area (Å²) in [5, 5.41) is 7.37. The minimum atomic E-state index is -0.00425. The van der Waals surface area contributed by atoms with Gasteiger partial charge in [-0.15, -0.1) is 0 Å². The maximum Gasteiger partial charge on any atom is 0.239 e. The molecule has 0 unspecified atom stereocenters. The molecule has 0 radical (unpaired) electrons. The van der Waals surface area contributed by atoms with Crippen LogP contribution in [0.5, 0.6) is 0 Å². The van der Waals surface area contributed by atoms with Crippen molar-refractivity contribution in [3.05, 3.63) is 5.69 Å². The zero-order valence-electron chi connectivity index (χ0n) is 13.4. The standard InChI is InChI=1S/C14H27N5O/c1-7-18(8-12(20)16-9(2)3)14-13(15)11(6)17-19(14)10(4)5/h9-10H,7-8,15H2,1-6H3,(H,16,20). The molecule has 0 saturated carbocycles. The van der Waals surface area contributed by atoms with Crippen LogP contribution in [0.1, 0.15) is 46.4 Å². The van der Waals surface area contributed by atoms with Crippen molar-refractivity contribution in [1.82, 2.24) is 15.1 Å². The Morgan fingerprint density at radius 3 is 2.45 bits per heavy atom. The summed E-state index contributed by atoms with van der Waals surface area (Å²) in [5.74, 6) is 0.828. The topological polar surface area (TPSA) is 76.2 Å². The molecule has 1 aromatic rings. The second-order valence-electron chi connectivity index (χ2n) is 5.60. The van der Waals surface area contributed by atoms with E-state index < -0.39 is 0 Å². The first-order chi connectivity index (χ1) is 9.27. The van der Waals surface area contributed by atoms with Gasteiger partial charge in [0.1, 0.15) is 0 Å². The van der Waals surface area contributed by atoms with Gasteiger partial charge in [-0.3, -0.25) is 4.79 Å². The van der Waals surface area contributed by atoms with Crippen molar-refractivity contribution in [2.24, 2.45) is 0 Å². The molecule has 0 bridgehead atoms. The van der Waals surface area contributed by atoms with Crippen molar-refractivity contribution >= 4 is 17.4 Å². The van der Waals surface area contributed by atoms with E-state index in [1.54, 1.807) is 0 Å². The molecule has 1 aromatic heterocycles. The van der Waals surface area contributed by atoms with Gasteiger partial charge in [-0.25, -0.2) is 4.68 Å². The Labute approximate surface area is 121 Å². The second kappa shape index (κ2) is 6.63. The summed E-state index contributed by atoms with van der Waals surface area (Å²) in [6, 6.07) is 0.332. The zero-order valence-corrected chi connectivity index (χ0v) is 13.4. The number of carbonyl (C=O) groups is 1.